The third-order valence-electron chi connectivity index (χ3n) is 2.90. The molecule has 2 aromatic heterocycles. The largest absolute Gasteiger partial charge is 0.369 e. The van der Waals surface area contributed by atoms with Crippen LogP contribution in [0, 0.1) is 12.7 Å². The van der Waals surface area contributed by atoms with E-state index < -0.39 is 11.4 Å². The minimum Gasteiger partial charge on any atom is -0.369 e. The summed E-state index contributed by atoms with van der Waals surface area (Å²) in [6, 6.07) is 5.22. The van der Waals surface area contributed by atoms with E-state index in [4.69, 9.17) is 16.4 Å². The predicted octanol–water partition coefficient (Wildman–Crippen LogP) is 2.73. The topological polar surface area (TPSA) is 57.0 Å². The second kappa shape index (κ2) is 5.14. The van der Waals surface area contributed by atoms with Gasteiger partial charge in [0.15, 0.2) is 5.75 Å². The monoisotopic (exact) mass is 305 g/mol. The average Bonchev–Trinajstić information content (AvgIpc) is 2.45. The number of rotatable bonds is 2. The first kappa shape index (κ1) is 13.5. The van der Waals surface area contributed by atoms with Crippen LogP contribution in [0.5, 0.6) is 5.75 Å². The van der Waals surface area contributed by atoms with E-state index in [-0.39, 0.29) is 11.0 Å². The van der Waals surface area contributed by atoms with Gasteiger partial charge in [-0.3, -0.25) is 9.78 Å². The number of hydrogen-bond acceptors (Lipinski definition) is 4. The van der Waals surface area contributed by atoms with Gasteiger partial charge in [0.2, 0.25) is 5.28 Å². The molecule has 1 aromatic carbocycles. The van der Waals surface area contributed by atoms with Gasteiger partial charge in [-0.1, -0.05) is 0 Å². The first-order valence-electron chi connectivity index (χ1n) is 6.03. The molecule has 0 bridgehead atoms. The SMILES string of the molecule is Cc1cncc2nc(Cl)n(Oc3ccc(F)cc3)c(=O)c12. The van der Waals surface area contributed by atoms with Crippen molar-refractivity contribution >= 4 is 22.5 Å². The minimum atomic E-state index is -0.450. The lowest BCUT2D eigenvalue weighted by atomic mass is 10.2. The lowest BCUT2D eigenvalue weighted by Gasteiger charge is -2.10. The third kappa shape index (κ3) is 2.45. The van der Waals surface area contributed by atoms with Gasteiger partial charge < -0.3 is 4.84 Å². The first-order valence-corrected chi connectivity index (χ1v) is 6.41. The van der Waals surface area contributed by atoms with Gasteiger partial charge in [0, 0.05) is 6.20 Å². The van der Waals surface area contributed by atoms with E-state index in [0.717, 1.165) is 4.73 Å². The molecule has 0 spiro atoms. The lowest BCUT2D eigenvalue weighted by Crippen LogP contribution is -2.26. The second-order valence-corrected chi connectivity index (χ2v) is 4.71. The van der Waals surface area contributed by atoms with E-state index in [1.165, 1.54) is 30.5 Å². The molecule has 3 rings (SSSR count). The Kier molecular flexibility index (Phi) is 3.31. The van der Waals surface area contributed by atoms with Crippen molar-refractivity contribution in [2.45, 2.75) is 6.92 Å². The Morgan fingerprint density at radius 1 is 1.24 bits per heavy atom. The Balaban J connectivity index is 2.16. The van der Waals surface area contributed by atoms with Crippen LogP contribution in [-0.4, -0.2) is 14.7 Å². The second-order valence-electron chi connectivity index (χ2n) is 4.38. The number of fused-ring (bicyclic) bond motifs is 1. The highest BCUT2D eigenvalue weighted by atomic mass is 35.5. The van der Waals surface area contributed by atoms with Gasteiger partial charge in [0.1, 0.15) is 5.82 Å². The molecule has 0 aliphatic carbocycles. The molecule has 0 aliphatic heterocycles. The maximum atomic E-state index is 12.9. The predicted molar refractivity (Wildman–Crippen MR) is 76.0 cm³/mol. The van der Waals surface area contributed by atoms with Crippen LogP contribution in [0.25, 0.3) is 10.9 Å². The quantitative estimate of drug-likeness (QED) is 0.683. The number of pyridine rings is 1. The molecule has 0 saturated carbocycles. The minimum absolute atomic E-state index is 0.135. The van der Waals surface area contributed by atoms with Crippen LogP contribution in [0.2, 0.25) is 5.28 Å². The van der Waals surface area contributed by atoms with Crippen LogP contribution >= 0.6 is 11.6 Å². The van der Waals surface area contributed by atoms with Crippen LogP contribution in [0.15, 0.2) is 41.5 Å². The number of aryl methyl sites for hydroxylation is 1. The van der Waals surface area contributed by atoms with E-state index >= 15 is 0 Å². The molecular weight excluding hydrogens is 297 g/mol. The fourth-order valence-electron chi connectivity index (χ4n) is 1.92. The zero-order chi connectivity index (χ0) is 15.0. The number of hydrogen-bond donors (Lipinski definition) is 0. The van der Waals surface area contributed by atoms with Gasteiger partial charge in [-0.05, 0) is 48.4 Å². The molecule has 0 aliphatic rings. The van der Waals surface area contributed by atoms with E-state index in [1.807, 2.05) is 0 Å². The molecule has 2 heterocycles. The highest BCUT2D eigenvalue weighted by Gasteiger charge is 2.13. The third-order valence-corrected chi connectivity index (χ3v) is 3.14. The number of nitrogens with zero attached hydrogens (tertiary/aromatic N) is 3. The van der Waals surface area contributed by atoms with Crippen LogP contribution in [0.4, 0.5) is 4.39 Å². The maximum Gasteiger partial charge on any atom is 0.296 e. The van der Waals surface area contributed by atoms with Gasteiger partial charge in [-0.15, -0.1) is 4.73 Å². The van der Waals surface area contributed by atoms with E-state index in [1.54, 1.807) is 13.1 Å². The maximum absolute atomic E-state index is 12.9. The van der Waals surface area contributed by atoms with Crippen molar-refractivity contribution in [2.24, 2.45) is 0 Å². The van der Waals surface area contributed by atoms with Gasteiger partial charge >= 0.3 is 0 Å². The summed E-state index contributed by atoms with van der Waals surface area (Å²) < 4.78 is 13.7. The van der Waals surface area contributed by atoms with Crippen molar-refractivity contribution in [1.29, 1.82) is 0 Å². The lowest BCUT2D eigenvalue weighted by molar-refractivity contribution is 0.203. The number of halogens is 2. The summed E-state index contributed by atoms with van der Waals surface area (Å²) in [7, 11) is 0. The standard InChI is InChI=1S/C14H9ClFN3O2/c1-8-6-17-7-11-12(8)13(20)19(14(15)18-11)21-10-4-2-9(16)3-5-10/h2-7H,1H3. The molecule has 21 heavy (non-hydrogen) atoms. The highest BCUT2D eigenvalue weighted by molar-refractivity contribution is 6.28. The summed E-state index contributed by atoms with van der Waals surface area (Å²) in [5, 5.41) is 0.237. The van der Waals surface area contributed by atoms with Crippen molar-refractivity contribution in [1.82, 2.24) is 14.7 Å². The molecule has 5 nitrogen and oxygen atoms in total. The molecule has 3 aromatic rings. The fourth-order valence-corrected chi connectivity index (χ4v) is 2.13. The molecular formula is C14H9ClFN3O2. The fraction of sp³-hybridized carbons (Fsp3) is 0.0714. The van der Waals surface area contributed by atoms with Crippen LogP contribution < -0.4 is 10.4 Å². The smallest absolute Gasteiger partial charge is 0.296 e. The van der Waals surface area contributed by atoms with Crippen LogP contribution in [-0.2, 0) is 0 Å². The first-order chi connectivity index (χ1) is 10.1. The van der Waals surface area contributed by atoms with Crippen molar-refractivity contribution in [2.75, 3.05) is 0 Å². The Morgan fingerprint density at radius 3 is 2.67 bits per heavy atom. The van der Waals surface area contributed by atoms with Crippen molar-refractivity contribution in [3.8, 4) is 5.75 Å². The molecule has 0 N–H and O–H groups in total. The van der Waals surface area contributed by atoms with Crippen molar-refractivity contribution in [3.63, 3.8) is 0 Å². The van der Waals surface area contributed by atoms with Gasteiger partial charge in [-0.25, -0.2) is 9.37 Å². The van der Waals surface area contributed by atoms with Crippen molar-refractivity contribution < 1.29 is 9.23 Å². The molecule has 0 saturated heterocycles. The molecule has 7 heteroatoms. The Hall–Kier alpha value is -2.47. The Morgan fingerprint density at radius 2 is 1.95 bits per heavy atom. The van der Waals surface area contributed by atoms with Gasteiger partial charge in [0.05, 0.1) is 17.1 Å². The summed E-state index contributed by atoms with van der Waals surface area (Å²) in [5.41, 5.74) is 0.608. The summed E-state index contributed by atoms with van der Waals surface area (Å²) in [6.07, 6.45) is 3.01. The zero-order valence-corrected chi connectivity index (χ0v) is 11.6. The summed E-state index contributed by atoms with van der Waals surface area (Å²) in [4.78, 5) is 25.9. The van der Waals surface area contributed by atoms with Crippen LogP contribution in [0.3, 0.4) is 0 Å². The Bertz CT molecular complexity index is 878. The molecule has 106 valence electrons. The summed E-state index contributed by atoms with van der Waals surface area (Å²) in [5.74, 6) is -0.132. The normalized spacial score (nSPS) is 10.8. The zero-order valence-electron chi connectivity index (χ0n) is 10.9. The van der Waals surface area contributed by atoms with Gasteiger partial charge in [0.25, 0.3) is 5.56 Å². The Labute approximate surface area is 123 Å². The molecule has 0 fully saturated rings. The number of aromatic nitrogens is 3. The van der Waals surface area contributed by atoms with Gasteiger partial charge in [-0.2, -0.15) is 0 Å². The van der Waals surface area contributed by atoms with Crippen molar-refractivity contribution in [3.05, 3.63) is 63.7 Å². The summed E-state index contributed by atoms with van der Waals surface area (Å²) >= 11 is 5.97. The molecule has 0 atom stereocenters. The molecule has 0 amide bonds. The average molecular weight is 306 g/mol. The highest BCUT2D eigenvalue weighted by Crippen LogP contribution is 2.16. The molecule has 0 radical (unpaired) electrons. The van der Waals surface area contributed by atoms with Crippen LogP contribution in [0.1, 0.15) is 5.56 Å². The van der Waals surface area contributed by atoms with E-state index in [9.17, 15) is 9.18 Å². The molecule has 0 unspecified atom stereocenters. The number of benzene rings is 1. The van der Waals surface area contributed by atoms with E-state index in [0.29, 0.717) is 16.5 Å². The van der Waals surface area contributed by atoms with E-state index in [2.05, 4.69) is 9.97 Å². The summed E-state index contributed by atoms with van der Waals surface area (Å²) in [6.45, 7) is 1.74.